The summed E-state index contributed by atoms with van der Waals surface area (Å²) in [7, 11) is 0. The van der Waals surface area contributed by atoms with Crippen LogP contribution in [0.5, 0.6) is 0 Å². The molecule has 0 unspecified atom stereocenters. The number of amides is 2. The second-order valence-corrected chi connectivity index (χ2v) is 5.76. The molecule has 2 amide bonds. The van der Waals surface area contributed by atoms with Crippen LogP contribution in [0.4, 0.5) is 5.69 Å². The summed E-state index contributed by atoms with van der Waals surface area (Å²) in [5.74, 6) is -0.422. The molecule has 2 aromatic rings. The molecule has 3 rings (SSSR count). The molecular weight excluding hydrogens is 300 g/mol. The van der Waals surface area contributed by atoms with Gasteiger partial charge >= 0.3 is 0 Å². The first kappa shape index (κ1) is 16.0. The second kappa shape index (κ2) is 7.59. The van der Waals surface area contributed by atoms with Crippen molar-refractivity contribution in [2.75, 3.05) is 11.4 Å². The Kier molecular flexibility index (Phi) is 5.06. The summed E-state index contributed by atoms with van der Waals surface area (Å²) in [5.41, 5.74) is 3.15. The summed E-state index contributed by atoms with van der Waals surface area (Å²) in [6.45, 7) is 1.14. The third-order valence-corrected chi connectivity index (χ3v) is 4.06. The average Bonchev–Trinajstić information content (AvgIpc) is 2.64. The van der Waals surface area contributed by atoms with Gasteiger partial charge in [0.25, 0.3) is 5.91 Å². The van der Waals surface area contributed by atoms with E-state index >= 15 is 0 Å². The highest BCUT2D eigenvalue weighted by molar-refractivity contribution is 6.05. The van der Waals surface area contributed by atoms with Crippen LogP contribution in [-0.2, 0) is 22.6 Å². The molecule has 1 N–H and O–H groups in total. The van der Waals surface area contributed by atoms with Gasteiger partial charge < -0.3 is 10.2 Å². The molecule has 0 spiro atoms. The number of benzene rings is 2. The van der Waals surface area contributed by atoms with E-state index in [-0.39, 0.29) is 11.8 Å². The van der Waals surface area contributed by atoms with E-state index in [4.69, 9.17) is 0 Å². The lowest BCUT2D eigenvalue weighted by molar-refractivity contribution is -0.118. The number of fused-ring (bicyclic) bond motifs is 1. The van der Waals surface area contributed by atoms with Crippen molar-refractivity contribution in [3.8, 4) is 0 Å². The molecule has 2 aromatic carbocycles. The number of hydrogen-bond acceptors (Lipinski definition) is 2. The van der Waals surface area contributed by atoms with Gasteiger partial charge in [0.2, 0.25) is 5.91 Å². The van der Waals surface area contributed by atoms with Crippen LogP contribution in [0.2, 0.25) is 0 Å². The molecule has 1 heterocycles. The van der Waals surface area contributed by atoms with Crippen molar-refractivity contribution in [3.63, 3.8) is 0 Å². The molecule has 24 heavy (non-hydrogen) atoms. The number of nitrogens with zero attached hydrogens (tertiary/aromatic N) is 1. The van der Waals surface area contributed by atoms with Gasteiger partial charge in [0.15, 0.2) is 0 Å². The monoisotopic (exact) mass is 320 g/mol. The Hall–Kier alpha value is -2.88. The fourth-order valence-corrected chi connectivity index (χ4v) is 2.84. The summed E-state index contributed by atoms with van der Waals surface area (Å²) in [6, 6.07) is 17.6. The predicted molar refractivity (Wildman–Crippen MR) is 94.5 cm³/mol. The number of nitrogens with one attached hydrogen (secondary N) is 1. The Labute approximate surface area is 141 Å². The maximum atomic E-state index is 12.4. The van der Waals surface area contributed by atoms with Crippen LogP contribution >= 0.6 is 0 Å². The van der Waals surface area contributed by atoms with Gasteiger partial charge in [-0.25, -0.2) is 0 Å². The second-order valence-electron chi connectivity index (χ2n) is 5.76. The number of carbonyl (C=O) groups is 2. The molecule has 0 radical (unpaired) electrons. The van der Waals surface area contributed by atoms with Crippen molar-refractivity contribution in [2.24, 2.45) is 0 Å². The molecule has 0 saturated heterocycles. The zero-order valence-electron chi connectivity index (χ0n) is 13.4. The molecule has 122 valence electrons. The molecule has 1 aliphatic rings. The molecular formula is C20H20N2O2. The van der Waals surface area contributed by atoms with Gasteiger partial charge in [0, 0.05) is 30.9 Å². The third kappa shape index (κ3) is 3.90. The number of anilines is 1. The van der Waals surface area contributed by atoms with Gasteiger partial charge in [0.1, 0.15) is 0 Å². The van der Waals surface area contributed by atoms with Gasteiger partial charge in [-0.15, -0.1) is 0 Å². The maximum absolute atomic E-state index is 12.4. The normalized spacial score (nSPS) is 13.6. The van der Waals surface area contributed by atoms with Crippen LogP contribution in [0.15, 0.2) is 66.7 Å². The first-order valence-corrected chi connectivity index (χ1v) is 8.13. The SMILES string of the molecule is O=C(/C=C/C(=O)N1CCCc2ccccc21)NCc1ccccc1. The molecule has 0 fully saturated rings. The lowest BCUT2D eigenvalue weighted by atomic mass is 10.0. The zero-order chi connectivity index (χ0) is 16.8. The first-order valence-electron chi connectivity index (χ1n) is 8.13. The Morgan fingerprint density at radius 3 is 2.58 bits per heavy atom. The summed E-state index contributed by atoms with van der Waals surface area (Å²) >= 11 is 0. The van der Waals surface area contributed by atoms with Crippen molar-refractivity contribution >= 4 is 17.5 Å². The van der Waals surface area contributed by atoms with E-state index < -0.39 is 0 Å². The van der Waals surface area contributed by atoms with E-state index in [1.807, 2.05) is 54.6 Å². The fraction of sp³-hybridized carbons (Fsp3) is 0.200. The Morgan fingerprint density at radius 2 is 1.75 bits per heavy atom. The number of carbonyl (C=O) groups excluding carboxylic acids is 2. The third-order valence-electron chi connectivity index (χ3n) is 4.06. The smallest absolute Gasteiger partial charge is 0.251 e. The Bertz CT molecular complexity index is 753. The summed E-state index contributed by atoms with van der Waals surface area (Å²) in [4.78, 5) is 26.0. The van der Waals surface area contributed by atoms with E-state index in [2.05, 4.69) is 5.32 Å². The Balaban J connectivity index is 1.58. The van der Waals surface area contributed by atoms with Gasteiger partial charge in [0.05, 0.1) is 0 Å². The highest BCUT2D eigenvalue weighted by Gasteiger charge is 2.20. The van der Waals surface area contributed by atoms with E-state index in [0.29, 0.717) is 13.1 Å². The molecule has 4 heteroatoms. The van der Waals surface area contributed by atoms with Crippen molar-refractivity contribution in [3.05, 3.63) is 77.9 Å². The van der Waals surface area contributed by atoms with Crippen molar-refractivity contribution in [1.29, 1.82) is 0 Å². The fourth-order valence-electron chi connectivity index (χ4n) is 2.84. The van der Waals surface area contributed by atoms with E-state index in [1.165, 1.54) is 17.7 Å². The first-order chi connectivity index (χ1) is 11.7. The highest BCUT2D eigenvalue weighted by atomic mass is 16.2. The minimum Gasteiger partial charge on any atom is -0.348 e. The van der Waals surface area contributed by atoms with Crippen molar-refractivity contribution < 1.29 is 9.59 Å². The quantitative estimate of drug-likeness (QED) is 0.881. The standard InChI is InChI=1S/C20H20N2O2/c23-19(21-15-16-7-2-1-3-8-16)12-13-20(24)22-14-6-10-17-9-4-5-11-18(17)22/h1-5,7-9,11-13H,6,10,14-15H2,(H,21,23)/b13-12+. The van der Waals surface area contributed by atoms with Crippen molar-refractivity contribution in [1.82, 2.24) is 5.32 Å². The van der Waals surface area contributed by atoms with Crippen LogP contribution in [0.3, 0.4) is 0 Å². The van der Waals surface area contributed by atoms with Crippen LogP contribution in [0.1, 0.15) is 17.5 Å². The lowest BCUT2D eigenvalue weighted by Gasteiger charge is -2.28. The van der Waals surface area contributed by atoms with Gasteiger partial charge in [-0.05, 0) is 30.0 Å². The Morgan fingerprint density at radius 1 is 1.00 bits per heavy atom. The average molecular weight is 320 g/mol. The van der Waals surface area contributed by atoms with Gasteiger partial charge in [-0.2, -0.15) is 0 Å². The molecule has 4 nitrogen and oxygen atoms in total. The summed E-state index contributed by atoms with van der Waals surface area (Å²) in [6.07, 6.45) is 4.59. The number of aryl methyl sites for hydroxylation is 1. The number of para-hydroxylation sites is 1. The van der Waals surface area contributed by atoms with E-state index in [1.54, 1.807) is 4.90 Å². The van der Waals surface area contributed by atoms with E-state index in [0.717, 1.165) is 24.1 Å². The predicted octanol–water partition coefficient (Wildman–Crippen LogP) is 2.84. The van der Waals surface area contributed by atoms with Crippen LogP contribution < -0.4 is 10.2 Å². The number of hydrogen-bond donors (Lipinski definition) is 1. The zero-order valence-corrected chi connectivity index (χ0v) is 13.4. The highest BCUT2D eigenvalue weighted by Crippen LogP contribution is 2.26. The van der Waals surface area contributed by atoms with Gasteiger partial charge in [-0.3, -0.25) is 9.59 Å². The maximum Gasteiger partial charge on any atom is 0.251 e. The molecule has 0 aromatic heterocycles. The van der Waals surface area contributed by atoms with E-state index in [9.17, 15) is 9.59 Å². The molecule has 0 bridgehead atoms. The summed E-state index contributed by atoms with van der Waals surface area (Å²) < 4.78 is 0. The minimum absolute atomic E-state index is 0.156. The molecule has 0 aliphatic carbocycles. The molecule has 0 saturated carbocycles. The minimum atomic E-state index is -0.266. The largest absolute Gasteiger partial charge is 0.348 e. The van der Waals surface area contributed by atoms with Crippen LogP contribution in [-0.4, -0.2) is 18.4 Å². The summed E-state index contributed by atoms with van der Waals surface area (Å²) in [5, 5.41) is 2.78. The van der Waals surface area contributed by atoms with Crippen LogP contribution in [0, 0.1) is 0 Å². The van der Waals surface area contributed by atoms with Crippen molar-refractivity contribution in [2.45, 2.75) is 19.4 Å². The molecule has 0 atom stereocenters. The lowest BCUT2D eigenvalue weighted by Crippen LogP contribution is -2.34. The topological polar surface area (TPSA) is 49.4 Å². The van der Waals surface area contributed by atoms with Crippen LogP contribution in [0.25, 0.3) is 0 Å². The van der Waals surface area contributed by atoms with Gasteiger partial charge in [-0.1, -0.05) is 48.5 Å². The number of rotatable bonds is 4. The molecule has 1 aliphatic heterocycles.